The van der Waals surface area contributed by atoms with Gasteiger partial charge in [-0.15, -0.1) is 24.8 Å². The Morgan fingerprint density at radius 2 is 2.12 bits per heavy atom. The Morgan fingerprint density at radius 1 is 1.31 bits per heavy atom. The zero-order valence-corrected chi connectivity index (χ0v) is 15.3. The normalized spacial score (nSPS) is 18.4. The van der Waals surface area contributed by atoms with Gasteiger partial charge in [-0.05, 0) is 17.7 Å². The van der Waals surface area contributed by atoms with Crippen molar-refractivity contribution in [2.24, 2.45) is 0 Å². The van der Waals surface area contributed by atoms with Crippen LogP contribution in [-0.2, 0) is 11.3 Å². The Labute approximate surface area is 162 Å². The van der Waals surface area contributed by atoms with Crippen molar-refractivity contribution in [1.29, 1.82) is 0 Å². The van der Waals surface area contributed by atoms with Crippen molar-refractivity contribution < 1.29 is 18.3 Å². The molecule has 1 aliphatic rings. The summed E-state index contributed by atoms with van der Waals surface area (Å²) in [6, 6.07) is 8.68. The summed E-state index contributed by atoms with van der Waals surface area (Å²) >= 11 is 0. The van der Waals surface area contributed by atoms with Crippen LogP contribution in [0.15, 0.2) is 42.6 Å². The summed E-state index contributed by atoms with van der Waals surface area (Å²) in [7, 11) is 0. The fourth-order valence-corrected chi connectivity index (χ4v) is 2.43. The third-order valence-corrected chi connectivity index (χ3v) is 3.68. The number of ether oxygens (including phenoxy) is 1. The lowest BCUT2D eigenvalue weighted by Crippen LogP contribution is -2.40. The van der Waals surface area contributed by atoms with Crippen LogP contribution < -0.4 is 15.4 Å². The third-order valence-electron chi connectivity index (χ3n) is 3.68. The van der Waals surface area contributed by atoms with Crippen LogP contribution in [0, 0.1) is 5.82 Å². The number of hydrogen-bond donors (Lipinski definition) is 2. The molecule has 1 aromatic carbocycles. The maximum atomic E-state index is 13.1. The number of halogens is 4. The monoisotopic (exact) mass is 405 g/mol. The first-order chi connectivity index (χ1) is 11.6. The van der Waals surface area contributed by atoms with Gasteiger partial charge in [-0.2, -0.15) is 0 Å². The zero-order valence-electron chi connectivity index (χ0n) is 13.7. The fraction of sp³-hybridized carbons (Fsp3) is 0.294. The Balaban J connectivity index is 0.00000169. The summed E-state index contributed by atoms with van der Waals surface area (Å²) in [5.41, 5.74) is 0.782. The van der Waals surface area contributed by atoms with E-state index in [4.69, 9.17) is 4.74 Å². The molecule has 2 heterocycles. The molecule has 1 saturated heterocycles. The van der Waals surface area contributed by atoms with Gasteiger partial charge in [0.1, 0.15) is 17.7 Å². The molecule has 0 unspecified atom stereocenters. The van der Waals surface area contributed by atoms with Gasteiger partial charge in [0.2, 0.25) is 11.8 Å². The maximum Gasteiger partial charge on any atom is 0.237 e. The predicted octanol–water partition coefficient (Wildman–Crippen LogP) is 3.17. The number of amides is 1. The van der Waals surface area contributed by atoms with E-state index >= 15 is 0 Å². The fourth-order valence-electron chi connectivity index (χ4n) is 2.43. The molecule has 1 amide bonds. The van der Waals surface area contributed by atoms with E-state index < -0.39 is 12.2 Å². The Hall–Kier alpha value is -1.96. The molecule has 0 bridgehead atoms. The van der Waals surface area contributed by atoms with Crippen LogP contribution in [0.4, 0.5) is 8.78 Å². The van der Waals surface area contributed by atoms with E-state index in [0.717, 1.165) is 5.56 Å². The molecule has 142 valence electrons. The van der Waals surface area contributed by atoms with Crippen LogP contribution in [0.5, 0.6) is 11.6 Å². The number of rotatable bonds is 5. The molecule has 2 N–H and O–H groups in total. The highest BCUT2D eigenvalue weighted by atomic mass is 35.5. The lowest BCUT2D eigenvalue weighted by atomic mass is 10.2. The third kappa shape index (κ3) is 6.09. The average Bonchev–Trinajstić information content (AvgIpc) is 3.01. The highest BCUT2D eigenvalue weighted by molar-refractivity contribution is 5.85. The van der Waals surface area contributed by atoms with E-state index in [1.165, 1.54) is 12.1 Å². The predicted molar refractivity (Wildman–Crippen MR) is 98.4 cm³/mol. The van der Waals surface area contributed by atoms with E-state index in [2.05, 4.69) is 15.6 Å². The molecular formula is C17H19Cl2F2N3O2. The molecule has 5 nitrogen and oxygen atoms in total. The molecule has 1 aromatic heterocycles. The van der Waals surface area contributed by atoms with Crippen molar-refractivity contribution in [3.05, 3.63) is 54.0 Å². The van der Waals surface area contributed by atoms with Gasteiger partial charge in [0.25, 0.3) is 0 Å². The average molecular weight is 406 g/mol. The first kappa shape index (κ1) is 22.1. The molecule has 3 rings (SSSR count). The van der Waals surface area contributed by atoms with Crippen LogP contribution in [0.25, 0.3) is 0 Å². The minimum Gasteiger partial charge on any atom is -0.439 e. The molecule has 0 saturated carbocycles. The molecule has 0 spiro atoms. The topological polar surface area (TPSA) is 63.2 Å². The zero-order chi connectivity index (χ0) is 16.9. The van der Waals surface area contributed by atoms with Gasteiger partial charge in [-0.25, -0.2) is 13.8 Å². The molecule has 9 heteroatoms. The summed E-state index contributed by atoms with van der Waals surface area (Å²) in [6.45, 7) is 0.507. The molecule has 26 heavy (non-hydrogen) atoms. The second kappa shape index (κ2) is 10.3. The molecule has 2 aromatic rings. The number of hydrogen-bond acceptors (Lipinski definition) is 4. The first-order valence-corrected chi connectivity index (χ1v) is 7.63. The van der Waals surface area contributed by atoms with Crippen LogP contribution in [0.2, 0.25) is 0 Å². The molecule has 2 atom stereocenters. The van der Waals surface area contributed by atoms with Crippen LogP contribution in [0.3, 0.4) is 0 Å². The van der Waals surface area contributed by atoms with E-state index in [0.29, 0.717) is 18.2 Å². The van der Waals surface area contributed by atoms with E-state index in [1.807, 2.05) is 0 Å². The highest BCUT2D eigenvalue weighted by Gasteiger charge is 2.28. The number of carbonyl (C=O) groups excluding carboxylic acids is 1. The number of benzene rings is 1. The number of nitrogens with one attached hydrogen (secondary N) is 2. The SMILES string of the molecule is Cl.Cl.O=C(NCc1ccc(Oc2cccc(F)c2)nc1)[C@H]1C[C@H](F)CN1. The minimum atomic E-state index is -0.971. The standard InChI is InChI=1S/C17H17F2N3O2.2ClH/c18-12-2-1-3-14(6-12)24-16-5-4-11(8-21-16)9-22-17(23)15-7-13(19)10-20-15;;/h1-6,8,13,15,20H,7,9-10H2,(H,22,23);2*1H/t13-,15+;;/m0../s1. The molecule has 1 aliphatic heterocycles. The van der Waals surface area contributed by atoms with Gasteiger partial charge in [0.05, 0.1) is 6.04 Å². The van der Waals surface area contributed by atoms with Gasteiger partial charge in [-0.3, -0.25) is 4.79 Å². The molecule has 0 radical (unpaired) electrons. The number of pyridine rings is 1. The molecule has 0 aliphatic carbocycles. The van der Waals surface area contributed by atoms with E-state index in [-0.39, 0.29) is 49.5 Å². The van der Waals surface area contributed by atoms with Gasteiger partial charge >= 0.3 is 0 Å². The van der Waals surface area contributed by atoms with Crippen molar-refractivity contribution in [2.75, 3.05) is 6.54 Å². The van der Waals surface area contributed by atoms with Crippen molar-refractivity contribution in [1.82, 2.24) is 15.6 Å². The number of carbonyl (C=O) groups is 1. The Kier molecular flexibility index (Phi) is 8.71. The van der Waals surface area contributed by atoms with Crippen LogP contribution in [-0.4, -0.2) is 29.6 Å². The summed E-state index contributed by atoms with van der Waals surface area (Å²) in [6.07, 6.45) is 0.793. The summed E-state index contributed by atoms with van der Waals surface area (Å²) in [5, 5.41) is 5.57. The summed E-state index contributed by atoms with van der Waals surface area (Å²) < 4.78 is 31.6. The van der Waals surface area contributed by atoms with E-state index in [9.17, 15) is 13.6 Å². The second-order valence-electron chi connectivity index (χ2n) is 5.58. The van der Waals surface area contributed by atoms with Gasteiger partial charge in [-0.1, -0.05) is 12.1 Å². The van der Waals surface area contributed by atoms with Crippen molar-refractivity contribution in [2.45, 2.75) is 25.2 Å². The smallest absolute Gasteiger partial charge is 0.237 e. The summed E-state index contributed by atoms with van der Waals surface area (Å²) in [5.74, 6) is 0.0724. The first-order valence-electron chi connectivity index (χ1n) is 7.63. The van der Waals surface area contributed by atoms with E-state index in [1.54, 1.807) is 30.5 Å². The van der Waals surface area contributed by atoms with Gasteiger partial charge in [0, 0.05) is 37.8 Å². The van der Waals surface area contributed by atoms with Crippen molar-refractivity contribution in [3.8, 4) is 11.6 Å². The highest BCUT2D eigenvalue weighted by Crippen LogP contribution is 2.20. The number of alkyl halides is 1. The molecule has 1 fully saturated rings. The number of nitrogens with zero attached hydrogens (tertiary/aromatic N) is 1. The summed E-state index contributed by atoms with van der Waals surface area (Å²) in [4.78, 5) is 16.0. The van der Waals surface area contributed by atoms with Crippen molar-refractivity contribution in [3.63, 3.8) is 0 Å². The van der Waals surface area contributed by atoms with Gasteiger partial charge < -0.3 is 15.4 Å². The Morgan fingerprint density at radius 3 is 2.73 bits per heavy atom. The molecular weight excluding hydrogens is 387 g/mol. The Bertz CT molecular complexity index is 719. The largest absolute Gasteiger partial charge is 0.439 e. The quantitative estimate of drug-likeness (QED) is 0.801. The van der Waals surface area contributed by atoms with Crippen molar-refractivity contribution >= 4 is 30.7 Å². The minimum absolute atomic E-state index is 0. The lowest BCUT2D eigenvalue weighted by molar-refractivity contribution is -0.123. The van der Waals surface area contributed by atoms with Crippen LogP contribution >= 0.6 is 24.8 Å². The van der Waals surface area contributed by atoms with Crippen LogP contribution in [0.1, 0.15) is 12.0 Å². The lowest BCUT2D eigenvalue weighted by Gasteiger charge is -2.11. The maximum absolute atomic E-state index is 13.1. The van der Waals surface area contributed by atoms with Gasteiger partial charge in [0.15, 0.2) is 0 Å². The number of aromatic nitrogens is 1. The second-order valence-corrected chi connectivity index (χ2v) is 5.58.